The first-order valence-electron chi connectivity index (χ1n) is 15.3. The van der Waals surface area contributed by atoms with Gasteiger partial charge < -0.3 is 28.8 Å². The van der Waals surface area contributed by atoms with E-state index in [-0.39, 0.29) is 42.4 Å². The normalized spacial score (nSPS) is 41.8. The minimum absolute atomic E-state index is 0.170. The molecule has 9 nitrogen and oxygen atoms in total. The van der Waals surface area contributed by atoms with E-state index in [0.29, 0.717) is 24.3 Å². The van der Waals surface area contributed by atoms with Gasteiger partial charge in [-0.15, -0.1) is 11.6 Å². The molecule has 0 aromatic heterocycles. The summed E-state index contributed by atoms with van der Waals surface area (Å²) in [5.74, 6) is -2.61. The highest BCUT2D eigenvalue weighted by molar-refractivity contribution is 6.17. The molecule has 12 atom stereocenters. The van der Waals surface area contributed by atoms with Gasteiger partial charge in [0.1, 0.15) is 30.0 Å². The number of esters is 3. The molecule has 2 fully saturated rings. The zero-order chi connectivity index (χ0) is 31.1. The van der Waals surface area contributed by atoms with Gasteiger partial charge in [0.2, 0.25) is 0 Å². The Labute approximate surface area is 258 Å². The summed E-state index contributed by atoms with van der Waals surface area (Å²) >= 11 is 5.74. The molecule has 1 saturated carbocycles. The molecule has 1 N–H and O–H groups in total. The lowest BCUT2D eigenvalue weighted by Crippen LogP contribution is -2.57. The third-order valence-electron chi connectivity index (χ3n) is 9.97. The Morgan fingerprint density at radius 2 is 2.02 bits per heavy atom. The van der Waals surface area contributed by atoms with Gasteiger partial charge in [0, 0.05) is 54.6 Å². The lowest BCUT2D eigenvalue weighted by atomic mass is 9.57. The van der Waals surface area contributed by atoms with Crippen LogP contribution in [-0.2, 0) is 38.1 Å². The highest BCUT2D eigenvalue weighted by Crippen LogP contribution is 2.61. The van der Waals surface area contributed by atoms with Crippen molar-refractivity contribution in [2.75, 3.05) is 13.0 Å². The van der Waals surface area contributed by atoms with Crippen LogP contribution in [0.2, 0.25) is 0 Å². The van der Waals surface area contributed by atoms with Crippen molar-refractivity contribution >= 4 is 29.5 Å². The molecule has 0 aromatic rings. The fourth-order valence-electron chi connectivity index (χ4n) is 7.83. The second-order valence-electron chi connectivity index (χ2n) is 12.6. The highest BCUT2D eigenvalue weighted by Gasteiger charge is 2.69. The van der Waals surface area contributed by atoms with E-state index >= 15 is 0 Å². The first kappa shape index (κ1) is 31.9. The van der Waals surface area contributed by atoms with Crippen LogP contribution < -0.4 is 0 Å². The van der Waals surface area contributed by atoms with Crippen molar-refractivity contribution < 1.29 is 43.2 Å². The number of ether oxygens (including phenoxy) is 5. The van der Waals surface area contributed by atoms with E-state index in [9.17, 15) is 19.5 Å². The number of cyclic esters (lactones) is 1. The molecule has 1 saturated heterocycles. The molecule has 4 bridgehead atoms. The number of carbonyl (C=O) groups excluding carboxylic acids is 3. The number of aliphatic hydroxyl groups excluding tert-OH is 1. The maximum atomic E-state index is 13.5. The maximum absolute atomic E-state index is 13.5. The zero-order valence-corrected chi connectivity index (χ0v) is 26.2. The molecule has 5 rings (SSSR count). The SMILES string of the molecule is CO[C@H]1C[C@H]2C=C[C@H]3[C@H]4O[C@]2(/C(C)=C/[C@@H](C)[C@@H]([C@@H](C)OC(=O)CCCCl)OC1=O)[C@@H]3[C@H](O)[C@@H](C)[C@H]4OC(=O)C1=CC=CC1. The monoisotopic (exact) mass is 618 g/mol. The largest absolute Gasteiger partial charge is 0.459 e. The molecule has 0 amide bonds. The first-order valence-corrected chi connectivity index (χ1v) is 15.8. The average Bonchev–Trinajstić information content (AvgIpc) is 3.58. The van der Waals surface area contributed by atoms with E-state index in [4.69, 9.17) is 35.3 Å². The highest BCUT2D eigenvalue weighted by atomic mass is 35.5. The van der Waals surface area contributed by atoms with Crippen molar-refractivity contribution in [3.05, 3.63) is 47.6 Å². The van der Waals surface area contributed by atoms with Crippen LogP contribution in [0.1, 0.15) is 53.4 Å². The fraction of sp³-hybridized carbons (Fsp3) is 0.667. The summed E-state index contributed by atoms with van der Waals surface area (Å²) in [5.41, 5.74) is 0.483. The second kappa shape index (κ2) is 12.9. The number of hydrogen-bond donors (Lipinski definition) is 1. The lowest BCUT2D eigenvalue weighted by Gasteiger charge is -2.49. The van der Waals surface area contributed by atoms with E-state index in [1.165, 1.54) is 7.11 Å². The topological polar surface area (TPSA) is 118 Å². The van der Waals surface area contributed by atoms with Gasteiger partial charge in [-0.05, 0) is 38.7 Å². The molecule has 236 valence electrons. The van der Waals surface area contributed by atoms with Gasteiger partial charge in [-0.1, -0.05) is 50.3 Å². The average molecular weight is 619 g/mol. The van der Waals surface area contributed by atoms with Crippen LogP contribution >= 0.6 is 11.6 Å². The van der Waals surface area contributed by atoms with Crippen molar-refractivity contribution in [3.8, 4) is 0 Å². The smallest absolute Gasteiger partial charge is 0.335 e. The number of hydrogen-bond acceptors (Lipinski definition) is 9. The molecule has 0 unspecified atom stereocenters. The summed E-state index contributed by atoms with van der Waals surface area (Å²) in [6.07, 6.45) is 8.61. The number of aliphatic hydroxyl groups is 1. The Morgan fingerprint density at radius 3 is 2.70 bits per heavy atom. The van der Waals surface area contributed by atoms with Crippen molar-refractivity contribution in [1.82, 2.24) is 0 Å². The summed E-state index contributed by atoms with van der Waals surface area (Å²) < 4.78 is 30.4. The summed E-state index contributed by atoms with van der Waals surface area (Å²) in [7, 11) is 1.46. The van der Waals surface area contributed by atoms with Gasteiger partial charge in [-0.3, -0.25) is 4.79 Å². The number of halogens is 1. The fourth-order valence-corrected chi connectivity index (χ4v) is 7.96. The lowest BCUT2D eigenvalue weighted by molar-refractivity contribution is -0.179. The molecule has 0 radical (unpaired) electrons. The van der Waals surface area contributed by atoms with Crippen molar-refractivity contribution in [2.45, 2.75) is 95.6 Å². The molecule has 43 heavy (non-hydrogen) atoms. The number of rotatable bonds is 8. The summed E-state index contributed by atoms with van der Waals surface area (Å²) in [6.45, 7) is 7.50. The number of carbonyl (C=O) groups is 3. The molecular formula is C33H43ClO9. The number of allylic oxidation sites excluding steroid dienone is 3. The summed E-state index contributed by atoms with van der Waals surface area (Å²) in [4.78, 5) is 38.9. The number of methoxy groups -OCH3 is 1. The Kier molecular flexibility index (Phi) is 9.57. The molecule has 10 heteroatoms. The van der Waals surface area contributed by atoms with Crippen LogP contribution in [0.15, 0.2) is 47.6 Å². The van der Waals surface area contributed by atoms with E-state index in [2.05, 4.69) is 0 Å². The van der Waals surface area contributed by atoms with Crippen LogP contribution in [-0.4, -0.2) is 78.2 Å². The third kappa shape index (κ3) is 5.74. The molecular weight excluding hydrogens is 576 g/mol. The zero-order valence-electron chi connectivity index (χ0n) is 25.4. The summed E-state index contributed by atoms with van der Waals surface area (Å²) in [5, 5.41) is 11.9. The molecule has 1 spiro atoms. The van der Waals surface area contributed by atoms with Gasteiger partial charge in [-0.2, -0.15) is 0 Å². The van der Waals surface area contributed by atoms with E-state index < -0.39 is 60.1 Å². The van der Waals surface area contributed by atoms with Crippen LogP contribution in [0.3, 0.4) is 0 Å². The van der Waals surface area contributed by atoms with Gasteiger partial charge >= 0.3 is 17.9 Å². The second-order valence-corrected chi connectivity index (χ2v) is 12.9. The molecule has 0 aromatic carbocycles. The molecule has 2 heterocycles. The minimum Gasteiger partial charge on any atom is -0.459 e. The van der Waals surface area contributed by atoms with Crippen LogP contribution in [0, 0.1) is 29.6 Å². The molecule has 3 aliphatic carbocycles. The van der Waals surface area contributed by atoms with Gasteiger partial charge in [0.15, 0.2) is 6.10 Å². The van der Waals surface area contributed by atoms with Crippen molar-refractivity contribution in [1.29, 1.82) is 0 Å². The Bertz CT molecular complexity index is 1220. The third-order valence-corrected chi connectivity index (χ3v) is 10.2. The van der Waals surface area contributed by atoms with Crippen molar-refractivity contribution in [2.24, 2.45) is 29.6 Å². The van der Waals surface area contributed by atoms with E-state index in [1.807, 2.05) is 51.2 Å². The van der Waals surface area contributed by atoms with Crippen LogP contribution in [0.4, 0.5) is 0 Å². The van der Waals surface area contributed by atoms with Gasteiger partial charge in [0.25, 0.3) is 0 Å². The standard InChI is InChI=1S/C33H43ClO9/c1-17-15-18(2)33-22(16-24(39-5)32(38)41-28(17)20(4)40-25(35)11-8-14-34)12-13-23-26(33)27(36)19(3)29(30(23)43-33)42-31(37)21-9-6-7-10-21/h6-7,9,12-13,15,17,19-20,22-24,26-30,36H,8,10-11,14,16H2,1-5H3/b18-15+/t17-,19-,20-,22-,23-,24+,26+,27-,28+,29-,30-,33+/m1/s1. The number of alkyl halides is 1. The van der Waals surface area contributed by atoms with Crippen LogP contribution in [0.25, 0.3) is 0 Å². The minimum atomic E-state index is -0.972. The first-order chi connectivity index (χ1) is 20.5. The quantitative estimate of drug-likeness (QED) is 0.185. The van der Waals surface area contributed by atoms with E-state index in [0.717, 1.165) is 5.57 Å². The predicted molar refractivity (Wildman–Crippen MR) is 158 cm³/mol. The van der Waals surface area contributed by atoms with E-state index in [1.54, 1.807) is 13.0 Å². The van der Waals surface area contributed by atoms with Gasteiger partial charge in [0.05, 0.1) is 6.10 Å². The van der Waals surface area contributed by atoms with Crippen LogP contribution in [0.5, 0.6) is 0 Å². The summed E-state index contributed by atoms with van der Waals surface area (Å²) in [6, 6.07) is 0. The Hall–Kier alpha value is -2.46. The maximum Gasteiger partial charge on any atom is 0.335 e. The Morgan fingerprint density at radius 1 is 1.26 bits per heavy atom. The van der Waals surface area contributed by atoms with Gasteiger partial charge in [-0.25, -0.2) is 9.59 Å². The Balaban J connectivity index is 1.50. The molecule has 5 aliphatic rings. The molecule has 2 aliphatic heterocycles. The van der Waals surface area contributed by atoms with Crippen molar-refractivity contribution in [3.63, 3.8) is 0 Å². The predicted octanol–water partition coefficient (Wildman–Crippen LogP) is 4.21.